The molecule has 0 aliphatic rings. The van der Waals surface area contributed by atoms with Gasteiger partial charge in [-0.25, -0.2) is 0 Å². The SMILES string of the molecule is Cc1cc2sc3ccccc3c2c(C)c1C. The molecule has 0 fully saturated rings. The maximum absolute atomic E-state index is 2.32. The third-order valence-corrected chi connectivity index (χ3v) is 4.62. The van der Waals surface area contributed by atoms with Gasteiger partial charge >= 0.3 is 0 Å². The van der Waals surface area contributed by atoms with Gasteiger partial charge in [0.15, 0.2) is 0 Å². The average Bonchev–Trinajstić information content (AvgIpc) is 2.64. The summed E-state index contributed by atoms with van der Waals surface area (Å²) in [4.78, 5) is 0. The van der Waals surface area contributed by atoms with Crippen molar-refractivity contribution in [2.24, 2.45) is 0 Å². The van der Waals surface area contributed by atoms with Crippen LogP contribution in [-0.2, 0) is 0 Å². The van der Waals surface area contributed by atoms with Crippen LogP contribution in [0.4, 0.5) is 0 Å². The van der Waals surface area contributed by atoms with Gasteiger partial charge in [-0.2, -0.15) is 0 Å². The van der Waals surface area contributed by atoms with Gasteiger partial charge < -0.3 is 0 Å². The Labute approximate surface area is 99.5 Å². The highest BCUT2D eigenvalue weighted by Crippen LogP contribution is 2.37. The van der Waals surface area contributed by atoms with Crippen LogP contribution in [0.1, 0.15) is 16.7 Å². The molecule has 0 saturated carbocycles. The molecule has 0 aliphatic carbocycles. The molecule has 0 amide bonds. The Morgan fingerprint density at radius 3 is 2.44 bits per heavy atom. The number of aryl methyl sites for hydroxylation is 2. The summed E-state index contributed by atoms with van der Waals surface area (Å²) >= 11 is 1.90. The number of fused-ring (bicyclic) bond motifs is 3. The molecule has 80 valence electrons. The lowest BCUT2D eigenvalue weighted by Crippen LogP contribution is -1.86. The standard InChI is InChI=1S/C15H14S/c1-9-8-14-15(11(3)10(9)2)12-6-4-5-7-13(12)16-14/h4-8H,1-3H3. The number of benzene rings is 2. The van der Waals surface area contributed by atoms with Crippen molar-refractivity contribution in [3.63, 3.8) is 0 Å². The van der Waals surface area contributed by atoms with Crippen molar-refractivity contribution in [1.82, 2.24) is 0 Å². The fourth-order valence-corrected chi connectivity index (χ4v) is 3.61. The monoisotopic (exact) mass is 226 g/mol. The van der Waals surface area contributed by atoms with E-state index in [9.17, 15) is 0 Å². The molecule has 0 spiro atoms. The van der Waals surface area contributed by atoms with E-state index < -0.39 is 0 Å². The fraction of sp³-hybridized carbons (Fsp3) is 0.200. The molecule has 0 atom stereocenters. The summed E-state index contributed by atoms with van der Waals surface area (Å²) in [5.41, 5.74) is 4.26. The Morgan fingerprint density at radius 1 is 0.875 bits per heavy atom. The molecule has 0 N–H and O–H groups in total. The zero-order valence-electron chi connectivity index (χ0n) is 9.79. The molecular formula is C15H14S. The smallest absolute Gasteiger partial charge is 0.0360 e. The fourth-order valence-electron chi connectivity index (χ4n) is 2.34. The molecule has 16 heavy (non-hydrogen) atoms. The number of thiophene rings is 1. The minimum Gasteiger partial charge on any atom is -0.135 e. The third kappa shape index (κ3) is 1.21. The molecular weight excluding hydrogens is 212 g/mol. The summed E-state index contributed by atoms with van der Waals surface area (Å²) in [5, 5.41) is 2.85. The first-order valence-corrected chi connectivity index (χ1v) is 6.38. The summed E-state index contributed by atoms with van der Waals surface area (Å²) in [6.45, 7) is 6.66. The van der Waals surface area contributed by atoms with E-state index in [4.69, 9.17) is 0 Å². The van der Waals surface area contributed by atoms with Crippen LogP contribution in [0.2, 0.25) is 0 Å². The summed E-state index contributed by atoms with van der Waals surface area (Å²) < 4.78 is 2.81. The zero-order chi connectivity index (χ0) is 11.3. The van der Waals surface area contributed by atoms with Crippen molar-refractivity contribution >= 4 is 31.5 Å². The van der Waals surface area contributed by atoms with Gasteiger partial charge in [-0.05, 0) is 49.6 Å². The van der Waals surface area contributed by atoms with E-state index in [1.807, 2.05) is 11.3 Å². The van der Waals surface area contributed by atoms with Crippen LogP contribution < -0.4 is 0 Å². The van der Waals surface area contributed by atoms with Gasteiger partial charge in [0.2, 0.25) is 0 Å². The molecule has 3 rings (SSSR count). The number of hydrogen-bond acceptors (Lipinski definition) is 1. The van der Waals surface area contributed by atoms with Crippen LogP contribution in [0.25, 0.3) is 20.2 Å². The molecule has 1 heterocycles. The highest BCUT2D eigenvalue weighted by molar-refractivity contribution is 7.25. The van der Waals surface area contributed by atoms with E-state index in [1.54, 1.807) is 0 Å². The van der Waals surface area contributed by atoms with Gasteiger partial charge in [-0.1, -0.05) is 18.2 Å². The normalized spacial score (nSPS) is 11.4. The second-order valence-corrected chi connectivity index (χ2v) is 5.50. The Balaban J connectivity index is 2.62. The minimum absolute atomic E-state index is 1.39. The molecule has 0 bridgehead atoms. The van der Waals surface area contributed by atoms with Gasteiger partial charge in [0.1, 0.15) is 0 Å². The summed E-state index contributed by atoms with van der Waals surface area (Å²) in [6.07, 6.45) is 0. The molecule has 1 heteroatoms. The lowest BCUT2D eigenvalue weighted by molar-refractivity contribution is 1.30. The van der Waals surface area contributed by atoms with Crippen molar-refractivity contribution in [1.29, 1.82) is 0 Å². The van der Waals surface area contributed by atoms with Gasteiger partial charge in [0.05, 0.1) is 0 Å². The minimum atomic E-state index is 1.39. The van der Waals surface area contributed by atoms with Crippen molar-refractivity contribution in [3.8, 4) is 0 Å². The number of hydrogen-bond donors (Lipinski definition) is 0. The van der Waals surface area contributed by atoms with E-state index in [2.05, 4.69) is 51.1 Å². The lowest BCUT2D eigenvalue weighted by Gasteiger charge is -2.06. The maximum atomic E-state index is 2.32. The van der Waals surface area contributed by atoms with Crippen LogP contribution >= 0.6 is 11.3 Å². The highest BCUT2D eigenvalue weighted by Gasteiger charge is 2.09. The van der Waals surface area contributed by atoms with Crippen molar-refractivity contribution < 1.29 is 0 Å². The molecule has 3 aromatic rings. The van der Waals surface area contributed by atoms with Crippen molar-refractivity contribution in [3.05, 3.63) is 47.0 Å². The first kappa shape index (κ1) is 9.86. The Kier molecular flexibility index (Phi) is 2.05. The second kappa shape index (κ2) is 3.33. The number of rotatable bonds is 0. The van der Waals surface area contributed by atoms with Crippen LogP contribution in [-0.4, -0.2) is 0 Å². The molecule has 2 aromatic carbocycles. The topological polar surface area (TPSA) is 0 Å². The quantitative estimate of drug-likeness (QED) is 0.507. The Morgan fingerprint density at radius 2 is 1.62 bits per heavy atom. The molecule has 0 saturated heterocycles. The van der Waals surface area contributed by atoms with Gasteiger partial charge in [-0.3, -0.25) is 0 Å². The van der Waals surface area contributed by atoms with Crippen LogP contribution in [0.5, 0.6) is 0 Å². The van der Waals surface area contributed by atoms with Gasteiger partial charge in [-0.15, -0.1) is 11.3 Å². The van der Waals surface area contributed by atoms with Crippen LogP contribution in [0.15, 0.2) is 30.3 Å². The summed E-state index contributed by atoms with van der Waals surface area (Å²) in [6, 6.07) is 11.0. The summed E-state index contributed by atoms with van der Waals surface area (Å²) in [7, 11) is 0. The molecule has 0 radical (unpaired) electrons. The predicted octanol–water partition coefficient (Wildman–Crippen LogP) is 4.98. The highest BCUT2D eigenvalue weighted by atomic mass is 32.1. The van der Waals surface area contributed by atoms with Gasteiger partial charge in [0, 0.05) is 20.2 Å². The summed E-state index contributed by atoms with van der Waals surface area (Å²) in [5.74, 6) is 0. The molecule has 1 aromatic heterocycles. The Bertz CT molecular complexity index is 689. The van der Waals surface area contributed by atoms with E-state index in [-0.39, 0.29) is 0 Å². The van der Waals surface area contributed by atoms with E-state index in [1.165, 1.54) is 36.9 Å². The average molecular weight is 226 g/mol. The van der Waals surface area contributed by atoms with Gasteiger partial charge in [0.25, 0.3) is 0 Å². The second-order valence-electron chi connectivity index (χ2n) is 4.41. The molecule has 0 aliphatic heterocycles. The first-order valence-electron chi connectivity index (χ1n) is 5.56. The largest absolute Gasteiger partial charge is 0.135 e. The Hall–Kier alpha value is -1.34. The van der Waals surface area contributed by atoms with E-state index >= 15 is 0 Å². The third-order valence-electron chi connectivity index (χ3n) is 3.50. The van der Waals surface area contributed by atoms with Crippen molar-refractivity contribution in [2.75, 3.05) is 0 Å². The van der Waals surface area contributed by atoms with E-state index in [0.29, 0.717) is 0 Å². The lowest BCUT2D eigenvalue weighted by atomic mass is 9.99. The van der Waals surface area contributed by atoms with Crippen molar-refractivity contribution in [2.45, 2.75) is 20.8 Å². The van der Waals surface area contributed by atoms with Crippen LogP contribution in [0.3, 0.4) is 0 Å². The zero-order valence-corrected chi connectivity index (χ0v) is 10.6. The first-order chi connectivity index (χ1) is 7.68. The molecule has 0 unspecified atom stereocenters. The molecule has 0 nitrogen and oxygen atoms in total. The predicted molar refractivity (Wildman–Crippen MR) is 73.5 cm³/mol. The van der Waals surface area contributed by atoms with Crippen LogP contribution in [0, 0.1) is 20.8 Å². The van der Waals surface area contributed by atoms with E-state index in [0.717, 1.165) is 0 Å². The maximum Gasteiger partial charge on any atom is 0.0360 e.